The van der Waals surface area contributed by atoms with Crippen LogP contribution in [0.1, 0.15) is 17.7 Å². The second-order valence-electron chi connectivity index (χ2n) is 2.56. The van der Waals surface area contributed by atoms with Crippen LogP contribution in [0, 0.1) is 17.1 Å². The van der Waals surface area contributed by atoms with Crippen LogP contribution in [0.4, 0.5) is 13.2 Å². The van der Waals surface area contributed by atoms with Crippen molar-refractivity contribution in [2.45, 2.75) is 11.5 Å². The summed E-state index contributed by atoms with van der Waals surface area (Å²) >= 11 is 0. The summed E-state index contributed by atoms with van der Waals surface area (Å²) in [4.78, 5) is 3.02. The number of hydrogen-bond acceptors (Lipinski definition) is 4. The Kier molecular flexibility index (Phi) is 3.40. The van der Waals surface area contributed by atoms with Gasteiger partial charge in [-0.1, -0.05) is 0 Å². The van der Waals surface area contributed by atoms with Gasteiger partial charge in [0.25, 0.3) is 15.5 Å². The Balaban J connectivity index is 3.61. The van der Waals surface area contributed by atoms with Gasteiger partial charge in [-0.3, -0.25) is 0 Å². The molecule has 0 unspecified atom stereocenters. The number of rotatable bonds is 2. The lowest BCUT2D eigenvalue weighted by atomic mass is 10.2. The van der Waals surface area contributed by atoms with E-state index in [1.54, 1.807) is 0 Å². The summed E-state index contributed by atoms with van der Waals surface area (Å²) in [6.45, 7) is 0. The fourth-order valence-corrected chi connectivity index (χ4v) is 1.59. The Morgan fingerprint density at radius 3 is 2.44 bits per heavy atom. The summed E-state index contributed by atoms with van der Waals surface area (Å²) in [5.41, 5.74) is -2.28. The summed E-state index contributed by atoms with van der Waals surface area (Å²) < 4.78 is 59.3. The van der Waals surface area contributed by atoms with E-state index in [0.717, 1.165) is 6.07 Å². The van der Waals surface area contributed by atoms with Gasteiger partial charge in [-0.05, 0) is 6.07 Å². The topological polar surface area (TPSA) is 70.8 Å². The number of nitriles is 1. The molecule has 0 aliphatic heterocycles. The van der Waals surface area contributed by atoms with Crippen LogP contribution in [0.25, 0.3) is 0 Å². The lowest BCUT2D eigenvalue weighted by Crippen LogP contribution is -2.04. The first-order valence-corrected chi connectivity index (χ1v) is 5.91. The third kappa shape index (κ3) is 2.43. The highest BCUT2D eigenvalue weighted by molar-refractivity contribution is 8.13. The van der Waals surface area contributed by atoms with Crippen molar-refractivity contribution >= 4 is 19.7 Å². The first-order chi connectivity index (χ1) is 7.27. The first-order valence-electron chi connectivity index (χ1n) is 3.60. The number of pyridine rings is 1. The van der Waals surface area contributed by atoms with Gasteiger partial charge in [0.1, 0.15) is 6.07 Å². The molecule has 16 heavy (non-hydrogen) atoms. The Bertz CT molecular complexity index is 568. The summed E-state index contributed by atoms with van der Waals surface area (Å²) in [6, 6.07) is 1.46. The minimum atomic E-state index is -4.40. The molecule has 0 fully saturated rings. The molecule has 0 aliphatic carbocycles. The SMILES string of the molecule is N#Cc1nc(S(=O)(=O)Cl)cc(C(F)F)c1F. The second kappa shape index (κ2) is 4.27. The third-order valence-electron chi connectivity index (χ3n) is 1.55. The molecule has 86 valence electrons. The van der Waals surface area contributed by atoms with Crippen LogP contribution < -0.4 is 0 Å². The first kappa shape index (κ1) is 12.7. The van der Waals surface area contributed by atoms with Gasteiger partial charge in [0.15, 0.2) is 16.5 Å². The molecule has 1 aromatic rings. The fourth-order valence-electron chi connectivity index (χ4n) is 0.882. The minimum Gasteiger partial charge on any atom is -0.221 e. The van der Waals surface area contributed by atoms with Crippen LogP contribution >= 0.6 is 10.7 Å². The van der Waals surface area contributed by atoms with Gasteiger partial charge in [-0.15, -0.1) is 0 Å². The lowest BCUT2D eigenvalue weighted by Gasteiger charge is -2.04. The average Bonchev–Trinajstić information content (AvgIpc) is 2.15. The molecule has 0 atom stereocenters. The van der Waals surface area contributed by atoms with Crippen molar-refractivity contribution in [2.75, 3.05) is 0 Å². The zero-order valence-corrected chi connectivity index (χ0v) is 8.86. The van der Waals surface area contributed by atoms with Crippen molar-refractivity contribution in [3.05, 3.63) is 23.1 Å². The molecule has 0 radical (unpaired) electrons. The molecule has 1 heterocycles. The number of nitrogens with zero attached hydrogens (tertiary/aromatic N) is 2. The number of aromatic nitrogens is 1. The molecule has 0 amide bonds. The molecule has 9 heteroatoms. The van der Waals surface area contributed by atoms with Crippen molar-refractivity contribution in [1.29, 1.82) is 5.26 Å². The molecular formula is C7H2ClF3N2O2S. The molecule has 1 aromatic heterocycles. The number of alkyl halides is 2. The predicted octanol–water partition coefficient (Wildman–Crippen LogP) is 1.96. The standard InChI is InChI=1S/C7H2ClF3N2O2S/c8-16(14,15)5-1-3(7(10)11)6(9)4(2-12)13-5/h1,7H. The summed E-state index contributed by atoms with van der Waals surface area (Å²) in [7, 11) is 0.451. The number of halogens is 4. The molecule has 0 spiro atoms. The second-order valence-corrected chi connectivity index (χ2v) is 5.08. The highest BCUT2D eigenvalue weighted by Crippen LogP contribution is 2.26. The Hall–Kier alpha value is -1.33. The maximum Gasteiger partial charge on any atom is 0.278 e. The van der Waals surface area contributed by atoms with E-state index in [1.165, 1.54) is 0 Å². The van der Waals surface area contributed by atoms with Crippen LogP contribution in [-0.2, 0) is 9.05 Å². The maximum absolute atomic E-state index is 13.1. The monoisotopic (exact) mass is 270 g/mol. The van der Waals surface area contributed by atoms with Crippen molar-refractivity contribution in [3.63, 3.8) is 0 Å². The normalized spacial score (nSPS) is 11.5. The summed E-state index contributed by atoms with van der Waals surface area (Å²) in [5, 5.41) is 7.40. The van der Waals surface area contributed by atoms with Crippen molar-refractivity contribution in [3.8, 4) is 6.07 Å². The predicted molar refractivity (Wildman–Crippen MR) is 46.9 cm³/mol. The maximum atomic E-state index is 13.1. The smallest absolute Gasteiger partial charge is 0.221 e. The lowest BCUT2D eigenvalue weighted by molar-refractivity contribution is 0.145. The quantitative estimate of drug-likeness (QED) is 0.770. The van der Waals surface area contributed by atoms with E-state index in [-0.39, 0.29) is 0 Å². The van der Waals surface area contributed by atoms with Gasteiger partial charge < -0.3 is 0 Å². The van der Waals surface area contributed by atoms with Crippen molar-refractivity contribution in [2.24, 2.45) is 0 Å². The Labute approximate surface area is 92.7 Å². The van der Waals surface area contributed by atoms with E-state index < -0.39 is 37.6 Å². The van der Waals surface area contributed by atoms with E-state index in [9.17, 15) is 21.6 Å². The van der Waals surface area contributed by atoms with Gasteiger partial charge in [-0.25, -0.2) is 26.6 Å². The molecule has 1 rings (SSSR count). The van der Waals surface area contributed by atoms with E-state index >= 15 is 0 Å². The van der Waals surface area contributed by atoms with E-state index in [4.69, 9.17) is 15.9 Å². The fraction of sp³-hybridized carbons (Fsp3) is 0.143. The highest BCUT2D eigenvalue weighted by atomic mass is 35.7. The average molecular weight is 271 g/mol. The van der Waals surface area contributed by atoms with Crippen molar-refractivity contribution in [1.82, 2.24) is 4.98 Å². The molecule has 0 saturated heterocycles. The van der Waals surface area contributed by atoms with Gasteiger partial charge in [0.05, 0.1) is 5.56 Å². The van der Waals surface area contributed by atoms with E-state index in [0.29, 0.717) is 6.07 Å². The zero-order chi connectivity index (χ0) is 12.5. The van der Waals surface area contributed by atoms with Gasteiger partial charge in [0.2, 0.25) is 0 Å². The Morgan fingerprint density at radius 2 is 2.06 bits per heavy atom. The van der Waals surface area contributed by atoms with E-state index in [1.807, 2.05) is 0 Å². The molecule has 0 aromatic carbocycles. The van der Waals surface area contributed by atoms with Crippen LogP contribution in [0.2, 0.25) is 0 Å². The highest BCUT2D eigenvalue weighted by Gasteiger charge is 2.23. The number of hydrogen-bond donors (Lipinski definition) is 0. The van der Waals surface area contributed by atoms with Crippen LogP contribution in [0.3, 0.4) is 0 Å². The molecule has 0 bridgehead atoms. The molecule has 0 N–H and O–H groups in total. The van der Waals surface area contributed by atoms with Gasteiger partial charge in [-0.2, -0.15) is 5.26 Å². The summed E-state index contributed by atoms with van der Waals surface area (Å²) in [6.07, 6.45) is -3.27. The van der Waals surface area contributed by atoms with Crippen LogP contribution in [-0.4, -0.2) is 13.4 Å². The summed E-state index contributed by atoms with van der Waals surface area (Å²) in [5.74, 6) is -1.55. The Morgan fingerprint density at radius 1 is 1.50 bits per heavy atom. The molecule has 0 saturated carbocycles. The van der Waals surface area contributed by atoms with Crippen LogP contribution in [0.15, 0.2) is 11.1 Å². The van der Waals surface area contributed by atoms with Gasteiger partial charge >= 0.3 is 0 Å². The molecule has 0 aliphatic rings. The van der Waals surface area contributed by atoms with E-state index in [2.05, 4.69) is 4.98 Å². The van der Waals surface area contributed by atoms with Gasteiger partial charge in [0, 0.05) is 10.7 Å². The zero-order valence-electron chi connectivity index (χ0n) is 7.29. The van der Waals surface area contributed by atoms with Crippen LogP contribution in [0.5, 0.6) is 0 Å². The third-order valence-corrected chi connectivity index (χ3v) is 2.74. The molecular weight excluding hydrogens is 269 g/mol. The largest absolute Gasteiger partial charge is 0.278 e. The molecule has 4 nitrogen and oxygen atoms in total. The minimum absolute atomic E-state index is 0.295. The van der Waals surface area contributed by atoms with Crippen molar-refractivity contribution < 1.29 is 21.6 Å².